The number of methoxy groups -OCH3 is 2. The Morgan fingerprint density at radius 3 is 2.78 bits per heavy atom. The van der Waals surface area contributed by atoms with Crippen molar-refractivity contribution in [2.24, 2.45) is 0 Å². The number of carbonyl (C=O) groups excluding carboxylic acids is 1. The minimum Gasteiger partial charge on any atom is -0.497 e. The highest BCUT2D eigenvalue weighted by Gasteiger charge is 2.20. The lowest BCUT2D eigenvalue weighted by Crippen LogP contribution is -2.13. The number of pyridine rings is 1. The number of ether oxygens (including phenoxy) is 2. The van der Waals surface area contributed by atoms with Crippen molar-refractivity contribution in [3.8, 4) is 11.5 Å². The minimum absolute atomic E-state index is 0.0107. The number of anilines is 2. The second-order valence-corrected chi connectivity index (χ2v) is 4.72. The summed E-state index contributed by atoms with van der Waals surface area (Å²) in [4.78, 5) is 16.5. The van der Waals surface area contributed by atoms with Crippen molar-refractivity contribution in [3.05, 3.63) is 42.3 Å². The van der Waals surface area contributed by atoms with E-state index in [2.05, 4.69) is 10.3 Å². The first-order valence-corrected chi connectivity index (χ1v) is 6.80. The maximum atomic E-state index is 12.4. The molecule has 3 N–H and O–H groups in total. The summed E-state index contributed by atoms with van der Waals surface area (Å²) >= 11 is 0. The van der Waals surface area contributed by atoms with Crippen LogP contribution in [-0.4, -0.2) is 25.1 Å². The van der Waals surface area contributed by atoms with E-state index in [9.17, 15) is 4.79 Å². The first kappa shape index (κ1) is 14.7. The summed E-state index contributed by atoms with van der Waals surface area (Å²) in [6.45, 7) is 0. The second-order valence-electron chi connectivity index (χ2n) is 4.72. The average Bonchev–Trinajstić information content (AvgIpc) is 2.92. The van der Waals surface area contributed by atoms with Crippen LogP contribution >= 0.6 is 0 Å². The van der Waals surface area contributed by atoms with E-state index in [-0.39, 0.29) is 11.4 Å². The second kappa shape index (κ2) is 5.88. The highest BCUT2D eigenvalue weighted by atomic mass is 16.5. The van der Waals surface area contributed by atoms with Crippen molar-refractivity contribution >= 4 is 28.4 Å². The van der Waals surface area contributed by atoms with Crippen LogP contribution in [0.15, 0.2) is 40.9 Å². The molecule has 7 nitrogen and oxygen atoms in total. The number of hydrogen-bond donors (Lipinski definition) is 2. The molecule has 0 atom stereocenters. The van der Waals surface area contributed by atoms with Crippen LogP contribution in [0.2, 0.25) is 0 Å². The van der Waals surface area contributed by atoms with E-state index in [0.717, 1.165) is 0 Å². The zero-order chi connectivity index (χ0) is 16.4. The third kappa shape index (κ3) is 2.64. The Hall–Kier alpha value is -3.22. The van der Waals surface area contributed by atoms with Gasteiger partial charge in [0.25, 0.3) is 5.91 Å². The number of nitrogens with zero attached hydrogens (tertiary/aromatic N) is 1. The maximum Gasteiger partial charge on any atom is 0.293 e. The van der Waals surface area contributed by atoms with Crippen molar-refractivity contribution in [1.82, 2.24) is 4.98 Å². The number of fused-ring (bicyclic) bond motifs is 1. The van der Waals surface area contributed by atoms with Crippen LogP contribution in [0.1, 0.15) is 10.6 Å². The lowest BCUT2D eigenvalue weighted by molar-refractivity contribution is 0.0999. The van der Waals surface area contributed by atoms with Crippen LogP contribution in [0.4, 0.5) is 11.4 Å². The van der Waals surface area contributed by atoms with Crippen molar-refractivity contribution in [3.63, 3.8) is 0 Å². The van der Waals surface area contributed by atoms with Gasteiger partial charge in [0, 0.05) is 12.3 Å². The fourth-order valence-corrected chi connectivity index (χ4v) is 2.20. The van der Waals surface area contributed by atoms with Crippen LogP contribution in [-0.2, 0) is 0 Å². The predicted molar refractivity (Wildman–Crippen MR) is 85.9 cm³/mol. The molecule has 7 heteroatoms. The molecule has 0 spiro atoms. The molecular weight excluding hydrogens is 298 g/mol. The maximum absolute atomic E-state index is 12.4. The molecule has 0 fully saturated rings. The van der Waals surface area contributed by atoms with Gasteiger partial charge in [0.2, 0.25) is 5.76 Å². The molecular formula is C16H15N3O4. The van der Waals surface area contributed by atoms with Crippen molar-refractivity contribution < 1.29 is 18.7 Å². The van der Waals surface area contributed by atoms with E-state index in [1.807, 2.05) is 0 Å². The molecule has 0 unspecified atom stereocenters. The fraction of sp³-hybridized carbons (Fsp3) is 0.125. The van der Waals surface area contributed by atoms with Gasteiger partial charge in [0.1, 0.15) is 22.7 Å². The Bertz CT molecular complexity index is 873. The standard InChI is InChI=1S/C16H15N3O4/c1-21-9-5-6-10(12(8-9)22-2)19-16(20)15-13(17)14-11(23-15)4-3-7-18-14/h3-8H,17H2,1-2H3,(H,19,20). The summed E-state index contributed by atoms with van der Waals surface area (Å²) in [6, 6.07) is 8.45. The third-order valence-corrected chi connectivity index (χ3v) is 3.35. The molecule has 0 radical (unpaired) electrons. The van der Waals surface area contributed by atoms with Gasteiger partial charge in [0.05, 0.1) is 19.9 Å². The molecule has 118 valence electrons. The van der Waals surface area contributed by atoms with Gasteiger partial charge in [-0.05, 0) is 24.3 Å². The SMILES string of the molecule is COc1ccc(NC(=O)c2oc3cccnc3c2N)c(OC)c1. The number of benzene rings is 1. The monoisotopic (exact) mass is 313 g/mol. The predicted octanol–water partition coefficient (Wildman–Crippen LogP) is 2.68. The largest absolute Gasteiger partial charge is 0.497 e. The van der Waals surface area contributed by atoms with Crippen molar-refractivity contribution in [2.75, 3.05) is 25.3 Å². The Labute approximate surface area is 132 Å². The minimum atomic E-state index is -0.482. The molecule has 1 amide bonds. The molecule has 1 aromatic carbocycles. The summed E-state index contributed by atoms with van der Waals surface area (Å²) in [7, 11) is 3.05. The molecule has 0 aliphatic carbocycles. The first-order chi connectivity index (χ1) is 11.1. The van der Waals surface area contributed by atoms with Gasteiger partial charge >= 0.3 is 0 Å². The van der Waals surface area contributed by atoms with Crippen LogP contribution in [0.25, 0.3) is 11.1 Å². The highest BCUT2D eigenvalue weighted by Crippen LogP contribution is 2.31. The molecule has 3 aromatic rings. The third-order valence-electron chi connectivity index (χ3n) is 3.35. The lowest BCUT2D eigenvalue weighted by atomic mass is 10.2. The Kier molecular flexibility index (Phi) is 3.76. The smallest absolute Gasteiger partial charge is 0.293 e. The summed E-state index contributed by atoms with van der Waals surface area (Å²) in [5, 5.41) is 2.71. The molecule has 0 aliphatic heterocycles. The number of rotatable bonds is 4. The van der Waals surface area contributed by atoms with Gasteiger partial charge in [-0.25, -0.2) is 0 Å². The summed E-state index contributed by atoms with van der Waals surface area (Å²) < 4.78 is 15.9. The van der Waals surface area contributed by atoms with Gasteiger partial charge in [-0.3, -0.25) is 9.78 Å². The Morgan fingerprint density at radius 1 is 1.26 bits per heavy atom. The van der Waals surface area contributed by atoms with Crippen LogP contribution in [0.5, 0.6) is 11.5 Å². The van der Waals surface area contributed by atoms with Crippen LogP contribution in [0.3, 0.4) is 0 Å². The molecule has 23 heavy (non-hydrogen) atoms. The number of amides is 1. The number of nitrogens with two attached hydrogens (primary N) is 1. The van der Waals surface area contributed by atoms with Gasteiger partial charge in [0.15, 0.2) is 5.58 Å². The molecule has 0 saturated carbocycles. The number of nitrogen functional groups attached to an aromatic ring is 1. The fourth-order valence-electron chi connectivity index (χ4n) is 2.20. The van der Waals surface area contributed by atoms with Gasteiger partial charge in [-0.15, -0.1) is 0 Å². The molecule has 3 rings (SSSR count). The molecule has 0 saturated heterocycles. The average molecular weight is 313 g/mol. The summed E-state index contributed by atoms with van der Waals surface area (Å²) in [5.74, 6) is 0.610. The van der Waals surface area contributed by atoms with E-state index < -0.39 is 5.91 Å². The van der Waals surface area contributed by atoms with E-state index in [1.165, 1.54) is 7.11 Å². The van der Waals surface area contributed by atoms with Gasteiger partial charge in [-0.1, -0.05) is 0 Å². The van der Waals surface area contributed by atoms with E-state index >= 15 is 0 Å². The van der Waals surface area contributed by atoms with Gasteiger partial charge < -0.3 is 24.9 Å². The molecule has 2 heterocycles. The zero-order valence-electron chi connectivity index (χ0n) is 12.6. The zero-order valence-corrected chi connectivity index (χ0v) is 12.6. The number of hydrogen-bond acceptors (Lipinski definition) is 6. The Balaban J connectivity index is 1.93. The van der Waals surface area contributed by atoms with Crippen LogP contribution < -0.4 is 20.5 Å². The molecule has 0 bridgehead atoms. The van der Waals surface area contributed by atoms with Crippen molar-refractivity contribution in [1.29, 1.82) is 0 Å². The first-order valence-electron chi connectivity index (χ1n) is 6.80. The summed E-state index contributed by atoms with van der Waals surface area (Å²) in [6.07, 6.45) is 1.59. The lowest BCUT2D eigenvalue weighted by Gasteiger charge is -2.10. The number of aromatic nitrogens is 1. The highest BCUT2D eigenvalue weighted by molar-refractivity contribution is 6.10. The van der Waals surface area contributed by atoms with E-state index in [1.54, 1.807) is 43.6 Å². The molecule has 0 aliphatic rings. The quantitative estimate of drug-likeness (QED) is 0.768. The van der Waals surface area contributed by atoms with Crippen LogP contribution in [0, 0.1) is 0 Å². The normalized spacial score (nSPS) is 10.5. The topological polar surface area (TPSA) is 99.6 Å². The van der Waals surface area contributed by atoms with Crippen molar-refractivity contribution in [2.45, 2.75) is 0 Å². The summed E-state index contributed by atoms with van der Waals surface area (Å²) in [5.41, 5.74) is 7.53. The van der Waals surface area contributed by atoms with Gasteiger partial charge in [-0.2, -0.15) is 0 Å². The van der Waals surface area contributed by atoms with E-state index in [0.29, 0.717) is 28.3 Å². The number of carbonyl (C=O) groups is 1. The molecule has 2 aromatic heterocycles. The number of furan rings is 1. The number of nitrogens with one attached hydrogen (secondary N) is 1. The van der Waals surface area contributed by atoms with E-state index in [4.69, 9.17) is 19.6 Å². The Morgan fingerprint density at radius 2 is 2.09 bits per heavy atom.